The molecule has 0 heterocycles. The summed E-state index contributed by atoms with van der Waals surface area (Å²) in [4.78, 5) is 10.7. The quantitative estimate of drug-likeness (QED) is 0.311. The summed E-state index contributed by atoms with van der Waals surface area (Å²) in [7, 11) is 0. The number of carbonyl (C=O) groups is 1. The third-order valence-electron chi connectivity index (χ3n) is 3.98. The van der Waals surface area contributed by atoms with Crippen molar-refractivity contribution < 1.29 is 53.1 Å². The molecule has 26 heavy (non-hydrogen) atoms. The molecule has 0 aliphatic rings. The molecule has 0 unspecified atom stereocenters. The van der Waals surface area contributed by atoms with E-state index in [0.29, 0.717) is 17.2 Å². The Kier molecular flexibility index (Phi) is 5.94. The predicted molar refractivity (Wildman–Crippen MR) is 82.2 cm³/mol. The Morgan fingerprint density at radius 1 is 1.08 bits per heavy atom. The van der Waals surface area contributed by atoms with Gasteiger partial charge in [-0.1, -0.05) is 0 Å². The molecule has 1 N–H and O–H groups in total. The van der Waals surface area contributed by atoms with Gasteiger partial charge >= 0.3 is 157 Å². The predicted octanol–water partition coefficient (Wildman–Crippen LogP) is 1.92. The van der Waals surface area contributed by atoms with Crippen molar-refractivity contribution in [2.24, 2.45) is 0 Å². The average molecular weight is 485 g/mol. The number of carboxylic acid groups (broad SMARTS) is 1. The van der Waals surface area contributed by atoms with E-state index in [1.165, 1.54) is 0 Å². The number of benzene rings is 2. The van der Waals surface area contributed by atoms with Gasteiger partial charge in [-0.05, 0) is 0 Å². The van der Waals surface area contributed by atoms with E-state index in [1.54, 1.807) is 32.9 Å². The second-order valence-electron chi connectivity index (χ2n) is 5.77. The fourth-order valence-electron chi connectivity index (χ4n) is 2.60. The molecule has 0 bridgehead atoms. The number of alkyl halides is 4. The van der Waals surface area contributed by atoms with Crippen molar-refractivity contribution in [1.82, 2.24) is 0 Å². The summed E-state index contributed by atoms with van der Waals surface area (Å²) in [5.41, 5.74) is 0.241. The number of halogens is 6. The summed E-state index contributed by atoms with van der Waals surface area (Å²) < 4.78 is 67.8. The van der Waals surface area contributed by atoms with Gasteiger partial charge in [0.15, 0.2) is 0 Å². The van der Waals surface area contributed by atoms with Crippen LogP contribution >= 0.6 is 0 Å². The standard InChI is InChI=1S/C18H15F5IO2/c1-8-4-5-9(2)14(10(8)3)11-6-12(18(21,22)23)16(20)17(15(11)19)24-7-13(25)26/h4-6H,7H2,1-3H3,(H,25,26)/q-1. The first-order valence-corrected chi connectivity index (χ1v) is 10.0. The van der Waals surface area contributed by atoms with Gasteiger partial charge in [0.1, 0.15) is 0 Å². The zero-order chi connectivity index (χ0) is 19.8. The Bertz CT molecular complexity index is 875. The molecule has 142 valence electrons. The van der Waals surface area contributed by atoms with Gasteiger partial charge in [-0.3, -0.25) is 0 Å². The number of hydrogen-bond donors (Lipinski definition) is 1. The van der Waals surface area contributed by atoms with Gasteiger partial charge in [0.2, 0.25) is 0 Å². The van der Waals surface area contributed by atoms with Gasteiger partial charge in [-0.2, -0.15) is 0 Å². The molecule has 2 nitrogen and oxygen atoms in total. The Morgan fingerprint density at radius 3 is 2.19 bits per heavy atom. The molecule has 2 rings (SSSR count). The van der Waals surface area contributed by atoms with E-state index < -0.39 is 58.5 Å². The third kappa shape index (κ3) is 3.99. The minimum absolute atomic E-state index is 0.272. The van der Waals surface area contributed by atoms with E-state index >= 15 is 0 Å². The fourth-order valence-corrected chi connectivity index (χ4v) is 4.56. The van der Waals surface area contributed by atoms with Crippen molar-refractivity contribution in [2.75, 3.05) is 4.43 Å². The molecule has 0 aliphatic carbocycles. The molecule has 0 saturated heterocycles. The Hall–Kier alpha value is -1.71. The van der Waals surface area contributed by atoms with Gasteiger partial charge in [-0.25, -0.2) is 0 Å². The van der Waals surface area contributed by atoms with Crippen LogP contribution in [0.4, 0.5) is 22.0 Å². The summed E-state index contributed by atoms with van der Waals surface area (Å²) in [5.74, 6) is -4.13. The molecular formula is C18H15F5IO2-. The van der Waals surface area contributed by atoms with E-state index in [0.717, 1.165) is 5.56 Å². The van der Waals surface area contributed by atoms with E-state index in [2.05, 4.69) is 0 Å². The second-order valence-corrected chi connectivity index (χ2v) is 8.38. The molecule has 0 fully saturated rings. The summed E-state index contributed by atoms with van der Waals surface area (Å²) in [6.45, 7) is 5.02. The monoisotopic (exact) mass is 485 g/mol. The summed E-state index contributed by atoms with van der Waals surface area (Å²) in [6.07, 6.45) is -5.01. The number of hydrogen-bond acceptors (Lipinski definition) is 1. The van der Waals surface area contributed by atoms with E-state index in [-0.39, 0.29) is 11.1 Å². The Labute approximate surface area is 157 Å². The van der Waals surface area contributed by atoms with E-state index in [4.69, 9.17) is 5.11 Å². The van der Waals surface area contributed by atoms with Gasteiger partial charge in [0.05, 0.1) is 0 Å². The molecule has 2 aromatic rings. The summed E-state index contributed by atoms with van der Waals surface area (Å²) >= 11 is -1.81. The minimum atomic E-state index is -5.01. The van der Waals surface area contributed by atoms with Crippen molar-refractivity contribution in [3.63, 3.8) is 0 Å². The fraction of sp³-hybridized carbons (Fsp3) is 0.278. The number of carboxylic acids is 1. The molecule has 0 amide bonds. The summed E-state index contributed by atoms with van der Waals surface area (Å²) in [5, 5.41) is 8.76. The van der Waals surface area contributed by atoms with Crippen LogP contribution in [0, 0.1) is 36.0 Å². The maximum atomic E-state index is 15.0. The molecular weight excluding hydrogens is 470 g/mol. The molecule has 0 spiro atoms. The van der Waals surface area contributed by atoms with Gasteiger partial charge in [-0.15, -0.1) is 0 Å². The molecule has 2 aromatic carbocycles. The normalized spacial score (nSPS) is 11.8. The number of rotatable bonds is 4. The zero-order valence-corrected chi connectivity index (χ0v) is 16.2. The van der Waals surface area contributed by atoms with E-state index in [9.17, 15) is 26.7 Å². The average Bonchev–Trinajstić information content (AvgIpc) is 2.51. The van der Waals surface area contributed by atoms with Crippen LogP contribution in [0.3, 0.4) is 0 Å². The van der Waals surface area contributed by atoms with Crippen LogP contribution < -0.4 is 21.2 Å². The zero-order valence-electron chi connectivity index (χ0n) is 14.1. The van der Waals surface area contributed by atoms with Gasteiger partial charge < -0.3 is 0 Å². The molecule has 0 atom stereocenters. The first-order valence-electron chi connectivity index (χ1n) is 7.42. The van der Waals surface area contributed by atoms with Crippen LogP contribution in [0.5, 0.6) is 0 Å². The van der Waals surface area contributed by atoms with Crippen molar-refractivity contribution >= 4 is 5.97 Å². The number of aryl methyl sites for hydroxylation is 2. The molecule has 8 heteroatoms. The molecule has 0 aromatic heterocycles. The van der Waals surface area contributed by atoms with Crippen LogP contribution in [-0.4, -0.2) is 15.5 Å². The Morgan fingerprint density at radius 2 is 1.65 bits per heavy atom. The first kappa shape index (κ1) is 20.6. The maximum absolute atomic E-state index is 15.0. The molecule has 0 saturated carbocycles. The van der Waals surface area contributed by atoms with Crippen LogP contribution in [0.15, 0.2) is 18.2 Å². The van der Waals surface area contributed by atoms with Crippen molar-refractivity contribution in [1.29, 1.82) is 0 Å². The van der Waals surface area contributed by atoms with Crippen LogP contribution in [0.1, 0.15) is 22.3 Å². The number of aliphatic carboxylic acids is 1. The van der Waals surface area contributed by atoms with Gasteiger partial charge in [0, 0.05) is 0 Å². The van der Waals surface area contributed by atoms with Crippen LogP contribution in [0.25, 0.3) is 11.1 Å². The Balaban J connectivity index is 2.84. The second kappa shape index (κ2) is 7.50. The molecule has 0 radical (unpaired) electrons. The first-order chi connectivity index (χ1) is 11.9. The van der Waals surface area contributed by atoms with E-state index in [1.807, 2.05) is 0 Å². The van der Waals surface area contributed by atoms with Crippen molar-refractivity contribution in [3.05, 3.63) is 55.7 Å². The van der Waals surface area contributed by atoms with Crippen LogP contribution in [0.2, 0.25) is 0 Å². The van der Waals surface area contributed by atoms with Crippen molar-refractivity contribution in [2.45, 2.75) is 26.9 Å². The summed E-state index contributed by atoms with van der Waals surface area (Å²) in [6, 6.07) is 3.89. The molecule has 0 aliphatic heterocycles. The third-order valence-corrected chi connectivity index (χ3v) is 6.72. The SMILES string of the molecule is Cc1ccc(C)c(-c2cc(C(F)(F)F)c(F)c([I-]CC(=O)O)c2F)c1C. The topological polar surface area (TPSA) is 37.3 Å². The van der Waals surface area contributed by atoms with Gasteiger partial charge in [0.25, 0.3) is 0 Å². The van der Waals surface area contributed by atoms with Crippen molar-refractivity contribution in [3.8, 4) is 11.1 Å². The van der Waals surface area contributed by atoms with Crippen LogP contribution in [-0.2, 0) is 11.0 Å².